The van der Waals surface area contributed by atoms with Gasteiger partial charge in [0.15, 0.2) is 5.13 Å². The smallest absolute Gasteiger partial charge is 0.282 e. The Morgan fingerprint density at radius 2 is 2.19 bits per heavy atom. The van der Waals surface area contributed by atoms with E-state index in [9.17, 15) is 18.0 Å². The van der Waals surface area contributed by atoms with Crippen LogP contribution in [0.2, 0.25) is 0 Å². The number of benzene rings is 1. The minimum absolute atomic E-state index is 0.0909. The molecule has 4 nitrogen and oxygen atoms in total. The van der Waals surface area contributed by atoms with Gasteiger partial charge in [0, 0.05) is 10.1 Å². The molecule has 0 spiro atoms. The Balaban J connectivity index is 2.12. The molecule has 21 heavy (non-hydrogen) atoms. The highest BCUT2D eigenvalue weighted by Crippen LogP contribution is 2.28. The van der Waals surface area contributed by atoms with Crippen LogP contribution in [0.4, 0.5) is 18.3 Å². The third kappa shape index (κ3) is 3.84. The molecule has 0 fully saturated rings. The van der Waals surface area contributed by atoms with Crippen LogP contribution in [0.1, 0.15) is 27.4 Å². The third-order valence-corrected chi connectivity index (χ3v) is 4.44. The van der Waals surface area contributed by atoms with E-state index in [-0.39, 0.29) is 22.4 Å². The number of nitrogens with zero attached hydrogens (tertiary/aromatic N) is 1. The summed E-state index contributed by atoms with van der Waals surface area (Å²) in [5.41, 5.74) is 5.41. The quantitative estimate of drug-likeness (QED) is 0.736. The minimum Gasteiger partial charge on any atom is -0.375 e. The largest absolute Gasteiger partial charge is 0.375 e. The van der Waals surface area contributed by atoms with Crippen molar-refractivity contribution < 1.29 is 18.0 Å². The molecule has 1 heterocycles. The fraction of sp³-hybridized carbons (Fsp3) is 0.167. The standard InChI is InChI=1S/C12H9F3IN3OS/c13-6-2-1-5(7(16)3-6)4-18-11(20)9-8(10(14)15)19-12(17)21-9/h1-3,10H,4H2,(H2,17,19)(H,18,20). The second-order valence-electron chi connectivity index (χ2n) is 3.99. The number of anilines is 1. The summed E-state index contributed by atoms with van der Waals surface area (Å²) in [6.45, 7) is 0.0951. The molecular weight excluding hydrogens is 418 g/mol. The molecule has 9 heteroatoms. The Labute approximate surface area is 135 Å². The third-order valence-electron chi connectivity index (χ3n) is 2.54. The molecule has 0 aliphatic rings. The number of rotatable bonds is 4. The number of nitrogen functional groups attached to an aromatic ring is 1. The van der Waals surface area contributed by atoms with Crippen molar-refractivity contribution in [3.05, 3.63) is 43.7 Å². The van der Waals surface area contributed by atoms with Crippen LogP contribution >= 0.6 is 33.9 Å². The van der Waals surface area contributed by atoms with Gasteiger partial charge in [-0.05, 0) is 40.3 Å². The zero-order valence-corrected chi connectivity index (χ0v) is 13.3. The highest BCUT2D eigenvalue weighted by molar-refractivity contribution is 14.1. The monoisotopic (exact) mass is 427 g/mol. The van der Waals surface area contributed by atoms with Gasteiger partial charge in [-0.2, -0.15) is 0 Å². The van der Waals surface area contributed by atoms with E-state index in [0.717, 1.165) is 0 Å². The Hall–Kier alpha value is -1.36. The van der Waals surface area contributed by atoms with Crippen LogP contribution in [-0.4, -0.2) is 10.9 Å². The molecule has 0 bridgehead atoms. The Bertz CT molecular complexity index is 678. The van der Waals surface area contributed by atoms with Gasteiger partial charge in [0.05, 0.1) is 0 Å². The first kappa shape index (κ1) is 16.0. The molecule has 2 rings (SSSR count). The van der Waals surface area contributed by atoms with E-state index in [1.54, 1.807) is 0 Å². The van der Waals surface area contributed by atoms with Crippen molar-refractivity contribution >= 4 is 45.0 Å². The number of nitrogens with one attached hydrogen (secondary N) is 1. The summed E-state index contributed by atoms with van der Waals surface area (Å²) in [5, 5.41) is 2.41. The SMILES string of the molecule is Nc1nc(C(F)F)c(C(=O)NCc2ccc(F)cc2I)s1. The van der Waals surface area contributed by atoms with Crippen molar-refractivity contribution in [2.45, 2.75) is 13.0 Å². The van der Waals surface area contributed by atoms with E-state index >= 15 is 0 Å². The lowest BCUT2D eigenvalue weighted by Gasteiger charge is -2.07. The first-order valence-electron chi connectivity index (χ1n) is 5.65. The van der Waals surface area contributed by atoms with Crippen molar-refractivity contribution in [2.24, 2.45) is 0 Å². The van der Waals surface area contributed by atoms with Gasteiger partial charge in [-0.15, -0.1) is 0 Å². The number of nitrogens with two attached hydrogens (primary N) is 1. The summed E-state index contributed by atoms with van der Waals surface area (Å²) >= 11 is 2.63. The van der Waals surface area contributed by atoms with Crippen molar-refractivity contribution in [1.29, 1.82) is 0 Å². The minimum atomic E-state index is -2.87. The Kier molecular flexibility index (Phi) is 5.04. The van der Waals surface area contributed by atoms with E-state index < -0.39 is 18.0 Å². The fourth-order valence-electron chi connectivity index (χ4n) is 1.58. The lowest BCUT2D eigenvalue weighted by molar-refractivity contribution is 0.0940. The average Bonchev–Trinajstić information content (AvgIpc) is 2.80. The first-order chi connectivity index (χ1) is 9.88. The molecule has 0 aliphatic heterocycles. The Morgan fingerprint density at radius 1 is 1.48 bits per heavy atom. The number of aromatic nitrogens is 1. The van der Waals surface area contributed by atoms with Gasteiger partial charge in [0.25, 0.3) is 12.3 Å². The van der Waals surface area contributed by atoms with Gasteiger partial charge in [-0.3, -0.25) is 4.79 Å². The number of amides is 1. The zero-order chi connectivity index (χ0) is 15.6. The predicted octanol–water partition coefficient (Wildman–Crippen LogP) is 3.34. The predicted molar refractivity (Wildman–Crippen MR) is 81.8 cm³/mol. The zero-order valence-electron chi connectivity index (χ0n) is 10.4. The van der Waals surface area contributed by atoms with Gasteiger partial charge in [-0.25, -0.2) is 18.2 Å². The fourth-order valence-corrected chi connectivity index (χ4v) is 3.01. The lowest BCUT2D eigenvalue weighted by atomic mass is 10.2. The molecule has 1 aromatic carbocycles. The number of halogens is 4. The number of alkyl halides is 2. The van der Waals surface area contributed by atoms with E-state index in [1.807, 2.05) is 22.6 Å². The topological polar surface area (TPSA) is 68.0 Å². The van der Waals surface area contributed by atoms with Crippen LogP contribution in [0.3, 0.4) is 0 Å². The van der Waals surface area contributed by atoms with Gasteiger partial charge >= 0.3 is 0 Å². The number of carbonyl (C=O) groups excluding carboxylic acids is 1. The van der Waals surface area contributed by atoms with Gasteiger partial charge in [-0.1, -0.05) is 17.4 Å². The van der Waals surface area contributed by atoms with Crippen molar-refractivity contribution in [1.82, 2.24) is 10.3 Å². The molecule has 112 valence electrons. The van der Waals surface area contributed by atoms with Crippen LogP contribution in [0, 0.1) is 9.39 Å². The van der Waals surface area contributed by atoms with Gasteiger partial charge < -0.3 is 11.1 Å². The van der Waals surface area contributed by atoms with Crippen LogP contribution in [0.15, 0.2) is 18.2 Å². The van der Waals surface area contributed by atoms with Gasteiger partial charge in [0.2, 0.25) is 0 Å². The van der Waals surface area contributed by atoms with E-state index in [4.69, 9.17) is 5.73 Å². The maximum atomic E-state index is 13.0. The summed E-state index contributed by atoms with van der Waals surface area (Å²) in [4.78, 5) is 15.2. The first-order valence-corrected chi connectivity index (χ1v) is 7.54. The molecule has 0 saturated carbocycles. The molecule has 0 saturated heterocycles. The van der Waals surface area contributed by atoms with Crippen molar-refractivity contribution in [2.75, 3.05) is 5.73 Å². The summed E-state index contributed by atoms with van der Waals surface area (Å²) < 4.78 is 39.1. The molecule has 1 amide bonds. The average molecular weight is 427 g/mol. The molecule has 0 aliphatic carbocycles. The summed E-state index contributed by atoms with van der Waals surface area (Å²) in [5.74, 6) is -1.07. The highest BCUT2D eigenvalue weighted by Gasteiger charge is 2.23. The lowest BCUT2D eigenvalue weighted by Crippen LogP contribution is -2.23. The summed E-state index contributed by atoms with van der Waals surface area (Å²) in [6.07, 6.45) is -2.87. The molecule has 3 N–H and O–H groups in total. The maximum Gasteiger partial charge on any atom is 0.282 e. The van der Waals surface area contributed by atoms with E-state index in [2.05, 4.69) is 10.3 Å². The summed E-state index contributed by atoms with van der Waals surface area (Å²) in [7, 11) is 0. The number of hydrogen-bond donors (Lipinski definition) is 2. The van der Waals surface area contributed by atoms with Crippen LogP contribution in [0.5, 0.6) is 0 Å². The Morgan fingerprint density at radius 3 is 2.81 bits per heavy atom. The van der Waals surface area contributed by atoms with Crippen LogP contribution in [-0.2, 0) is 6.54 Å². The molecule has 2 aromatic rings. The normalized spacial score (nSPS) is 10.9. The molecule has 0 unspecified atom stereocenters. The molecule has 0 atom stereocenters. The number of carbonyl (C=O) groups is 1. The highest BCUT2D eigenvalue weighted by atomic mass is 127. The van der Waals surface area contributed by atoms with E-state index in [1.165, 1.54) is 18.2 Å². The molecular formula is C12H9F3IN3OS. The second kappa shape index (κ2) is 6.60. The van der Waals surface area contributed by atoms with Crippen LogP contribution < -0.4 is 11.1 Å². The van der Waals surface area contributed by atoms with Gasteiger partial charge in [0.1, 0.15) is 16.4 Å². The second-order valence-corrected chi connectivity index (χ2v) is 6.18. The summed E-state index contributed by atoms with van der Waals surface area (Å²) in [6, 6.07) is 4.10. The number of thiazole rings is 1. The van der Waals surface area contributed by atoms with Crippen molar-refractivity contribution in [3.8, 4) is 0 Å². The van der Waals surface area contributed by atoms with Crippen LogP contribution in [0.25, 0.3) is 0 Å². The number of hydrogen-bond acceptors (Lipinski definition) is 4. The molecule has 0 radical (unpaired) electrons. The maximum absolute atomic E-state index is 13.0. The molecule has 1 aromatic heterocycles. The van der Waals surface area contributed by atoms with Crippen molar-refractivity contribution in [3.63, 3.8) is 0 Å². The van der Waals surface area contributed by atoms with E-state index in [0.29, 0.717) is 20.5 Å².